The molecule has 5 aromatic carbocycles. The quantitative estimate of drug-likeness (QED) is 0.00489. The third kappa shape index (κ3) is 39.1. The van der Waals surface area contributed by atoms with Crippen LogP contribution >= 0.6 is 11.8 Å². The number of nitrogens with zero attached hydrogens (tertiary/aromatic N) is 14. The van der Waals surface area contributed by atoms with Crippen LogP contribution in [0.2, 0.25) is 0 Å². The first-order valence-electron chi connectivity index (χ1n) is 45.0. The van der Waals surface area contributed by atoms with Gasteiger partial charge in [0, 0.05) is 149 Å². The van der Waals surface area contributed by atoms with Crippen molar-refractivity contribution in [2.24, 2.45) is 32.9 Å². The Morgan fingerprint density at radius 2 is 0.957 bits per heavy atom. The summed E-state index contributed by atoms with van der Waals surface area (Å²) in [6, 6.07) is 44.1. The number of nitro benzene ring substituents is 2. The number of nitrogens with one attached hydrogen (secondary N) is 1. The number of non-ortho nitro benzene ring substituents is 2. The molecular weight excluding hydrogens is 1890 g/mol. The van der Waals surface area contributed by atoms with Crippen LogP contribution in [0.25, 0.3) is 0 Å². The monoisotopic (exact) mass is 2060 g/mol. The number of rotatable bonds is 14. The number of likely N-dealkylation sites (tertiary alicyclic amines) is 1. The fourth-order valence-corrected chi connectivity index (χ4v) is 17.2. The van der Waals surface area contributed by atoms with Crippen molar-refractivity contribution in [3.05, 3.63) is 193 Å². The third-order valence-electron chi connectivity index (χ3n) is 27.0. The van der Waals surface area contributed by atoms with E-state index in [1.54, 1.807) is 61.9 Å². The van der Waals surface area contributed by atoms with Crippen molar-refractivity contribution in [2.45, 2.75) is 313 Å². The van der Waals surface area contributed by atoms with Gasteiger partial charge in [0.1, 0.15) is 23.7 Å². The van der Waals surface area contributed by atoms with Gasteiger partial charge in [-0.15, -0.1) is 16.3 Å². The van der Waals surface area contributed by atoms with E-state index < -0.39 is 37.1 Å². The maximum absolute atomic E-state index is 11.2. The Morgan fingerprint density at radius 3 is 1.20 bits per heavy atom. The Hall–Kier alpha value is -6.34. The summed E-state index contributed by atoms with van der Waals surface area (Å²) in [6.07, 6.45) is 10.6. The van der Waals surface area contributed by atoms with Crippen LogP contribution in [0.4, 0.5) is 34.1 Å². The molecule has 3 atom stereocenters. The average molecular weight is 2060 g/mol. The molecule has 2 saturated heterocycles. The Balaban J connectivity index is -0.000000740. The van der Waals surface area contributed by atoms with Crippen molar-refractivity contribution in [1.29, 1.82) is 5.41 Å². The molecule has 0 aromatic heterocycles. The van der Waals surface area contributed by atoms with Crippen LogP contribution in [0.15, 0.2) is 167 Å². The largest absolute Gasteiger partial charge is 1.00 e. The smallest absolute Gasteiger partial charge is 0.784 e. The molecule has 1 saturated carbocycles. The van der Waals surface area contributed by atoms with Crippen molar-refractivity contribution >= 4 is 91.0 Å². The van der Waals surface area contributed by atoms with E-state index in [0.717, 1.165) is 50.6 Å². The number of hydrogen-bond donors (Lipinski definition) is 6. The number of hydrogen-bond acceptors (Lipinski definition) is 28. The second-order valence-electron chi connectivity index (χ2n) is 41.3. The van der Waals surface area contributed by atoms with Crippen LogP contribution in [0, 0.1) is 66.2 Å². The van der Waals surface area contributed by atoms with Gasteiger partial charge in [0.15, 0.2) is 5.96 Å². The number of guanidine groups is 1. The molecule has 33 nitrogen and oxygen atoms in total. The topological polar surface area (TPSA) is 444 Å². The zero-order valence-corrected chi connectivity index (χ0v) is 98.0. The number of benzene rings is 5. The number of aliphatic imine (C=N–C) groups is 1. The summed E-state index contributed by atoms with van der Waals surface area (Å²) in [7, 11) is 11.1. The molecule has 3 fully saturated rings. The van der Waals surface area contributed by atoms with Gasteiger partial charge in [-0.25, -0.2) is 8.42 Å². The number of ether oxygens (including phenoxy) is 1. The van der Waals surface area contributed by atoms with E-state index in [4.69, 9.17) is 52.8 Å². The molecule has 776 valence electrons. The first-order chi connectivity index (χ1) is 61.9. The number of amidine groups is 1. The molecule has 3 unspecified atom stereocenters. The Bertz CT molecular complexity index is 5030. The Morgan fingerprint density at radius 1 is 0.614 bits per heavy atom. The fraction of sp³-hybridized carbons (Fsp3) is 0.588. The first-order valence-corrected chi connectivity index (χ1v) is 48.4. The second kappa shape index (κ2) is 57.1. The molecule has 0 bridgehead atoms. The van der Waals surface area contributed by atoms with Crippen LogP contribution in [0.5, 0.6) is 0 Å². The van der Waals surface area contributed by atoms with E-state index in [-0.39, 0.29) is 186 Å². The molecule has 38 heteroatoms. The van der Waals surface area contributed by atoms with Crippen molar-refractivity contribution < 1.29 is 170 Å². The van der Waals surface area contributed by atoms with Gasteiger partial charge in [0.2, 0.25) is 21.9 Å². The number of likely N-dealkylation sites (N-methyl/N-ethyl adjacent to an activating group) is 3. The van der Waals surface area contributed by atoms with Gasteiger partial charge in [0.25, 0.3) is 17.4 Å². The van der Waals surface area contributed by atoms with Crippen LogP contribution in [-0.4, -0.2) is 244 Å². The Kier molecular flexibility index (Phi) is 56.2. The average Bonchev–Trinajstić information content (AvgIpc) is 1.59. The van der Waals surface area contributed by atoms with Gasteiger partial charge in [-0.1, -0.05) is 107 Å². The predicted octanol–water partition coefficient (Wildman–Crippen LogP) is 13.9. The van der Waals surface area contributed by atoms with Crippen LogP contribution in [-0.2, 0) is 42.3 Å². The van der Waals surface area contributed by atoms with E-state index >= 15 is 0 Å². The predicted molar refractivity (Wildman–Crippen MR) is 564 cm³/mol. The molecule has 6 heterocycles. The number of nitro groups is 2. The minimum Gasteiger partial charge on any atom is -0.784 e. The molecule has 0 spiro atoms. The summed E-state index contributed by atoms with van der Waals surface area (Å²) in [5, 5.41) is 60.5. The van der Waals surface area contributed by atoms with Crippen molar-refractivity contribution in [3.8, 4) is 23.8 Å². The first kappa shape index (κ1) is 138. The summed E-state index contributed by atoms with van der Waals surface area (Å²) >= 11 is -1.12. The molecule has 7 aliphatic rings. The number of carbonyl (C=O) groups excluding carboxylic acids is 1. The SMILES string of the molecule is C.C.CC#CC#C/[N+](O)=C(\CC)C(C)(C)N(C)O.CC(C)(C)N(O)C(C)(C)C.CN(c1ccc([N+](=O)[O-])cc1)c1ccc([N+](=O)[O-])cc1.CN(c1ccccc1)c1ccccc1.CN1C(C)(C)C2CCCCC2C1(C)C.CN1C(C)(C)C=C(C(N)=O)C1(C)C.CN1C(C)(C)C=C(OCC2CS2)C1(C)C.CN1C(C)(C)c2ccccc2C1(C)C.CN1C(N)=NC(=N)C1(C)C.O=NS(=O)(=O)[O-].O=S([O-])[O-].[HH].[K+].[K+]. The number of nitrogens with two attached hydrogens (primary N) is 2. The second-order valence-corrected chi connectivity index (χ2v) is 44.0. The van der Waals surface area contributed by atoms with E-state index in [2.05, 4.69) is 257 Å². The molecule has 6 aliphatic heterocycles. The van der Waals surface area contributed by atoms with E-state index in [1.165, 1.54) is 94.9 Å². The number of hydroxylamine groups is 5. The van der Waals surface area contributed by atoms with E-state index in [1.807, 2.05) is 120 Å². The number of primary amides is 1. The van der Waals surface area contributed by atoms with E-state index in [9.17, 15) is 40.6 Å². The molecule has 8 N–H and O–H groups in total. The molecule has 1 aliphatic carbocycles. The van der Waals surface area contributed by atoms with Gasteiger partial charge >= 0.3 is 103 Å². The molecule has 1 amide bonds. The van der Waals surface area contributed by atoms with Crippen LogP contribution in [0.1, 0.15) is 253 Å². The van der Waals surface area contributed by atoms with E-state index in [0.29, 0.717) is 40.6 Å². The number of anilines is 4. The Labute approximate surface area is 932 Å². The molecular formula is C102H167K2N17O16S3. The zero-order valence-electron chi connectivity index (χ0n) is 89.3. The summed E-state index contributed by atoms with van der Waals surface area (Å²) in [5.74, 6) is 12.4. The van der Waals surface area contributed by atoms with Gasteiger partial charge in [-0.05, 0) is 311 Å². The summed E-state index contributed by atoms with van der Waals surface area (Å²) in [4.78, 5) is 59.3. The summed E-state index contributed by atoms with van der Waals surface area (Å²) < 4.78 is 60.2. The molecule has 140 heavy (non-hydrogen) atoms. The van der Waals surface area contributed by atoms with Crippen LogP contribution < -0.4 is 124 Å². The van der Waals surface area contributed by atoms with Gasteiger partial charge in [-0.3, -0.25) is 59.4 Å². The minimum atomic E-state index is -4.84. The number of amides is 1. The maximum Gasteiger partial charge on any atom is 1.00 e. The third-order valence-corrected chi connectivity index (χ3v) is 28.1. The van der Waals surface area contributed by atoms with Gasteiger partial charge < -0.3 is 55.0 Å². The normalized spacial score (nSPS) is 19.5. The number of nitroso groups, excluding NO2 is 1. The number of fused-ring (bicyclic) bond motifs is 2. The van der Waals surface area contributed by atoms with Gasteiger partial charge in [-0.2, -0.15) is 26.9 Å². The molecule has 12 rings (SSSR count). The molecule has 5 aromatic rings. The zero-order chi connectivity index (χ0) is 105. The minimum absolute atomic E-state index is 0. The standard InChI is InChI=1S/C13H11N3O4.C13H25N.C13H19N.C13H13N.C12H19N2O2.C12H21NOS.C10H18N2O.C8H19NO.C6H12N4.2CH4.2K.HNO4S.H2O3S.H2/c1-14(10-2-6-12(7-3-10)15(17)18)11-4-8-13(9-5-11)16(19)20;2*1-12(2)10-8-6-7-9-11(10)13(3,4)14(12)5;1-14(12-8-4-2-5-9-12)13-10-6-3-7-11-13;1-6-8-9-10-14(16)11(7-2)12(3,4)13(5)15;1-11(2)6-10(12(3,4)13(11)5)14-7-9-8-15-9;1-9(2)6-7(8(11)13)10(3,4)12(9)5;1-7(2,3)9(10)8(4,5)6;1-6(2)4(7)9-5(8)10(6)3;;;;;2-1-6(3,4)5;1-4(2)3;/h2-9H,1H3;10-11H,6-9H2,1-5H3;6-9H,1-5H3;2-11H,1H3;15-16H,7H2,1-5H3;6,9H,7-8H2,1-5H3;6H,1-5H3,(H2,11,13);10H,1-6H3;1-3H3,(H3,7,8,9);2*1H4;;;(H,3,4,5);(H2,1,2,3);1H/q;;;;+1;;;;;;;2*+1;;;/p-3/b;;;;14-11-;;;;;;;;;;;. The molecule has 0 radical (unpaired) electrons. The van der Waals surface area contributed by atoms with Crippen molar-refractivity contribution in [2.75, 3.05) is 78.5 Å². The van der Waals surface area contributed by atoms with Crippen molar-refractivity contribution in [1.82, 2.24) is 34.6 Å². The van der Waals surface area contributed by atoms with Gasteiger partial charge in [0.05, 0.1) is 36.2 Å². The van der Waals surface area contributed by atoms with Crippen LogP contribution in [0.3, 0.4) is 0 Å². The summed E-state index contributed by atoms with van der Waals surface area (Å²) in [6.45, 7) is 59.8. The number of carbonyl (C=O) groups is 1. The maximum atomic E-state index is 11.2. The summed E-state index contributed by atoms with van der Waals surface area (Å²) in [5.41, 5.74) is 18.6. The number of thioether (sulfide) groups is 1. The number of para-hydroxylation sites is 2. The van der Waals surface area contributed by atoms with Crippen molar-refractivity contribution in [3.63, 3.8) is 0 Å². The fourth-order valence-electron chi connectivity index (χ4n) is 16.8.